The summed E-state index contributed by atoms with van der Waals surface area (Å²) in [5.41, 5.74) is 9.00. The van der Waals surface area contributed by atoms with Gasteiger partial charge in [0.05, 0.1) is 17.8 Å². The average Bonchev–Trinajstić information content (AvgIpc) is 3.04. The van der Waals surface area contributed by atoms with Gasteiger partial charge >= 0.3 is 0 Å². The first kappa shape index (κ1) is 16.1. The molecular weight excluding hydrogens is 302 g/mol. The van der Waals surface area contributed by atoms with E-state index in [2.05, 4.69) is 10.3 Å². The molecule has 0 saturated heterocycles. The summed E-state index contributed by atoms with van der Waals surface area (Å²) >= 11 is 0. The van der Waals surface area contributed by atoms with Crippen molar-refractivity contribution in [1.82, 2.24) is 10.3 Å². The molecule has 0 aliphatic heterocycles. The predicted octanol–water partition coefficient (Wildman–Crippen LogP) is 3.09. The molecule has 1 amide bonds. The first-order valence-corrected chi connectivity index (χ1v) is 8.01. The highest BCUT2D eigenvalue weighted by Crippen LogP contribution is 2.20. The van der Waals surface area contributed by atoms with E-state index in [0.717, 1.165) is 22.9 Å². The molecule has 5 nitrogen and oxygen atoms in total. The number of fused-ring (bicyclic) bond motifs is 1. The standard InChI is InChI=1S/C19H21N3O2/c20-16-9-4-8-15-12-17(22-18(15)16)19(23)21-10-5-11-24-13-14-6-2-1-3-7-14/h1-4,6-9,12,22H,5,10-11,13,20H2,(H,21,23). The number of aromatic amines is 1. The fourth-order valence-corrected chi connectivity index (χ4v) is 2.54. The minimum atomic E-state index is -0.131. The van der Waals surface area contributed by atoms with Gasteiger partial charge in [-0.25, -0.2) is 0 Å². The topological polar surface area (TPSA) is 80.1 Å². The highest BCUT2D eigenvalue weighted by Gasteiger charge is 2.09. The van der Waals surface area contributed by atoms with E-state index in [1.807, 2.05) is 54.6 Å². The van der Waals surface area contributed by atoms with Crippen molar-refractivity contribution in [2.75, 3.05) is 18.9 Å². The van der Waals surface area contributed by atoms with Crippen LogP contribution in [0.15, 0.2) is 54.6 Å². The Bertz CT molecular complexity index is 812. The monoisotopic (exact) mass is 323 g/mol. The number of nitrogen functional groups attached to an aromatic ring is 1. The van der Waals surface area contributed by atoms with Crippen molar-refractivity contribution in [2.45, 2.75) is 13.0 Å². The van der Waals surface area contributed by atoms with Gasteiger partial charge in [-0.1, -0.05) is 42.5 Å². The molecular formula is C19H21N3O2. The minimum absolute atomic E-state index is 0.131. The van der Waals surface area contributed by atoms with Gasteiger partial charge in [-0.15, -0.1) is 0 Å². The Morgan fingerprint density at radius 2 is 1.96 bits per heavy atom. The number of hydrogen-bond donors (Lipinski definition) is 3. The quantitative estimate of drug-likeness (QED) is 0.462. The highest BCUT2D eigenvalue weighted by molar-refractivity contribution is 6.00. The number of amides is 1. The second-order valence-electron chi connectivity index (χ2n) is 5.64. The number of carbonyl (C=O) groups is 1. The fourth-order valence-electron chi connectivity index (χ4n) is 2.54. The van der Waals surface area contributed by atoms with Gasteiger partial charge < -0.3 is 20.8 Å². The molecule has 1 heterocycles. The molecule has 0 saturated carbocycles. The molecule has 0 aliphatic rings. The van der Waals surface area contributed by atoms with Gasteiger partial charge in [0.15, 0.2) is 0 Å². The number of anilines is 1. The molecule has 3 rings (SSSR count). The molecule has 0 aliphatic carbocycles. The number of carbonyl (C=O) groups excluding carboxylic acids is 1. The van der Waals surface area contributed by atoms with Crippen LogP contribution >= 0.6 is 0 Å². The number of ether oxygens (including phenoxy) is 1. The van der Waals surface area contributed by atoms with Crippen LogP contribution in [-0.2, 0) is 11.3 Å². The molecule has 24 heavy (non-hydrogen) atoms. The zero-order valence-corrected chi connectivity index (χ0v) is 13.4. The largest absolute Gasteiger partial charge is 0.397 e. The van der Waals surface area contributed by atoms with Gasteiger partial charge in [-0.3, -0.25) is 4.79 Å². The fraction of sp³-hybridized carbons (Fsp3) is 0.211. The van der Waals surface area contributed by atoms with Crippen LogP contribution in [0.4, 0.5) is 5.69 Å². The maximum Gasteiger partial charge on any atom is 0.267 e. The smallest absolute Gasteiger partial charge is 0.267 e. The number of aromatic nitrogens is 1. The third-order valence-electron chi connectivity index (χ3n) is 3.80. The molecule has 5 heteroatoms. The van der Waals surface area contributed by atoms with E-state index in [9.17, 15) is 4.79 Å². The number of hydrogen-bond acceptors (Lipinski definition) is 3. The lowest BCUT2D eigenvalue weighted by atomic mass is 10.2. The molecule has 124 valence electrons. The van der Waals surface area contributed by atoms with Crippen molar-refractivity contribution in [3.63, 3.8) is 0 Å². The van der Waals surface area contributed by atoms with Gasteiger partial charge in [0, 0.05) is 18.5 Å². The first-order chi connectivity index (χ1) is 11.7. The number of nitrogens with two attached hydrogens (primary N) is 1. The van der Waals surface area contributed by atoms with E-state index in [1.54, 1.807) is 0 Å². The number of para-hydroxylation sites is 1. The van der Waals surface area contributed by atoms with Crippen LogP contribution in [0.25, 0.3) is 10.9 Å². The zero-order chi connectivity index (χ0) is 16.8. The summed E-state index contributed by atoms with van der Waals surface area (Å²) in [6.07, 6.45) is 0.765. The van der Waals surface area contributed by atoms with Crippen LogP contribution in [0.5, 0.6) is 0 Å². The SMILES string of the molecule is Nc1cccc2cc(C(=O)NCCCOCc3ccccc3)[nH]c12. The molecule has 0 spiro atoms. The molecule has 4 N–H and O–H groups in total. The number of rotatable bonds is 7. The Balaban J connectivity index is 1.41. The maximum atomic E-state index is 12.2. The predicted molar refractivity (Wildman–Crippen MR) is 95.8 cm³/mol. The number of benzene rings is 2. The molecule has 0 bridgehead atoms. The van der Waals surface area contributed by atoms with Crippen LogP contribution in [0.3, 0.4) is 0 Å². The van der Waals surface area contributed by atoms with E-state index in [-0.39, 0.29) is 5.91 Å². The van der Waals surface area contributed by atoms with Gasteiger partial charge in [0.1, 0.15) is 5.69 Å². The molecule has 2 aromatic carbocycles. The Morgan fingerprint density at radius 1 is 1.12 bits per heavy atom. The van der Waals surface area contributed by atoms with Crippen LogP contribution in [0, 0.1) is 0 Å². The normalized spacial score (nSPS) is 10.8. The van der Waals surface area contributed by atoms with E-state index < -0.39 is 0 Å². The molecule has 0 fully saturated rings. The van der Waals surface area contributed by atoms with Crippen molar-refractivity contribution in [1.29, 1.82) is 0 Å². The first-order valence-electron chi connectivity index (χ1n) is 8.01. The number of nitrogens with one attached hydrogen (secondary N) is 2. The maximum absolute atomic E-state index is 12.2. The lowest BCUT2D eigenvalue weighted by Crippen LogP contribution is -2.25. The Hall–Kier alpha value is -2.79. The molecule has 0 radical (unpaired) electrons. The molecule has 3 aromatic rings. The zero-order valence-electron chi connectivity index (χ0n) is 13.4. The van der Waals surface area contributed by atoms with E-state index in [1.165, 1.54) is 0 Å². The van der Waals surface area contributed by atoms with Crippen molar-refractivity contribution >= 4 is 22.5 Å². The van der Waals surface area contributed by atoms with E-state index in [0.29, 0.717) is 31.1 Å². The van der Waals surface area contributed by atoms with Crippen molar-refractivity contribution in [3.8, 4) is 0 Å². The Morgan fingerprint density at radius 3 is 2.75 bits per heavy atom. The van der Waals surface area contributed by atoms with Gasteiger partial charge in [-0.05, 0) is 24.1 Å². The van der Waals surface area contributed by atoms with E-state index in [4.69, 9.17) is 10.5 Å². The van der Waals surface area contributed by atoms with E-state index >= 15 is 0 Å². The highest BCUT2D eigenvalue weighted by atomic mass is 16.5. The second kappa shape index (κ2) is 7.66. The summed E-state index contributed by atoms with van der Waals surface area (Å²) in [5.74, 6) is -0.131. The van der Waals surface area contributed by atoms with Crippen molar-refractivity contribution in [2.24, 2.45) is 0 Å². The lowest BCUT2D eigenvalue weighted by Gasteiger charge is -2.05. The Labute approximate surface area is 140 Å². The Kier molecular flexibility index (Phi) is 5.13. The van der Waals surface area contributed by atoms with Gasteiger partial charge in [-0.2, -0.15) is 0 Å². The molecule has 1 aromatic heterocycles. The third-order valence-corrected chi connectivity index (χ3v) is 3.80. The summed E-state index contributed by atoms with van der Waals surface area (Å²) in [6, 6.07) is 17.5. The second-order valence-corrected chi connectivity index (χ2v) is 5.64. The van der Waals surface area contributed by atoms with Crippen LogP contribution < -0.4 is 11.1 Å². The van der Waals surface area contributed by atoms with Crippen LogP contribution in [0.2, 0.25) is 0 Å². The molecule has 0 unspecified atom stereocenters. The minimum Gasteiger partial charge on any atom is -0.397 e. The summed E-state index contributed by atoms with van der Waals surface area (Å²) in [7, 11) is 0. The third kappa shape index (κ3) is 3.94. The summed E-state index contributed by atoms with van der Waals surface area (Å²) in [6.45, 7) is 1.77. The summed E-state index contributed by atoms with van der Waals surface area (Å²) < 4.78 is 5.60. The van der Waals surface area contributed by atoms with Crippen molar-refractivity contribution in [3.05, 3.63) is 65.9 Å². The van der Waals surface area contributed by atoms with Crippen LogP contribution in [0.1, 0.15) is 22.5 Å². The summed E-state index contributed by atoms with van der Waals surface area (Å²) in [5, 5.41) is 3.82. The molecule has 0 atom stereocenters. The van der Waals surface area contributed by atoms with Gasteiger partial charge in [0.2, 0.25) is 0 Å². The number of H-pyrrole nitrogens is 1. The lowest BCUT2D eigenvalue weighted by molar-refractivity contribution is 0.0930. The van der Waals surface area contributed by atoms with Crippen molar-refractivity contribution < 1.29 is 9.53 Å². The van der Waals surface area contributed by atoms with Crippen LogP contribution in [-0.4, -0.2) is 24.0 Å². The van der Waals surface area contributed by atoms with Gasteiger partial charge in [0.25, 0.3) is 5.91 Å². The summed E-state index contributed by atoms with van der Waals surface area (Å²) in [4.78, 5) is 15.2. The average molecular weight is 323 g/mol.